The number of amides is 2. The first kappa shape index (κ1) is 21.5. The number of urea groups is 1. The summed E-state index contributed by atoms with van der Waals surface area (Å²) in [5.41, 5.74) is 0.874. The summed E-state index contributed by atoms with van der Waals surface area (Å²) in [5, 5.41) is 13.0. The number of hydrogen-bond donors (Lipinski definition) is 2. The molecule has 0 radical (unpaired) electrons. The van der Waals surface area contributed by atoms with Crippen molar-refractivity contribution in [3.63, 3.8) is 0 Å². The molecule has 1 heterocycles. The van der Waals surface area contributed by atoms with E-state index in [1.54, 1.807) is 0 Å². The Morgan fingerprint density at radius 2 is 2.11 bits per heavy atom. The zero-order valence-corrected chi connectivity index (χ0v) is 17.2. The van der Waals surface area contributed by atoms with Gasteiger partial charge in [-0.25, -0.2) is 4.79 Å². The molecule has 0 aromatic heterocycles. The quantitative estimate of drug-likeness (QED) is 0.730. The van der Waals surface area contributed by atoms with Gasteiger partial charge < -0.3 is 25.0 Å². The molecule has 6 heteroatoms. The number of aliphatic hydroxyl groups is 1. The molecule has 2 amide bonds. The lowest BCUT2D eigenvalue weighted by atomic mass is 9.80. The minimum Gasteiger partial charge on any atom is -0.491 e. The third kappa shape index (κ3) is 6.40. The molecule has 27 heavy (non-hydrogen) atoms. The van der Waals surface area contributed by atoms with Gasteiger partial charge in [0.05, 0.1) is 12.7 Å². The standard InChI is InChI=1S/C21H35N3O3/c1-17(2)27-19-9-6-5-8-18(19)10-12-22-20(26)24-13-7-11-21(15-24,16-25)14-23(3)4/h5-6,8-9,17,25H,7,10-16H2,1-4H3,(H,22,26)/t21-/m1/s1. The van der Waals surface area contributed by atoms with Crippen molar-refractivity contribution in [3.05, 3.63) is 29.8 Å². The molecular weight excluding hydrogens is 342 g/mol. The van der Waals surface area contributed by atoms with Crippen molar-refractivity contribution in [2.75, 3.05) is 46.9 Å². The maximum atomic E-state index is 12.6. The summed E-state index contributed by atoms with van der Waals surface area (Å²) in [4.78, 5) is 16.6. The van der Waals surface area contributed by atoms with Gasteiger partial charge in [0.1, 0.15) is 5.75 Å². The number of carbonyl (C=O) groups excluding carboxylic acids is 1. The fourth-order valence-electron chi connectivity index (χ4n) is 3.86. The number of rotatable bonds is 8. The van der Waals surface area contributed by atoms with E-state index in [9.17, 15) is 9.90 Å². The molecule has 1 aromatic rings. The number of para-hydroxylation sites is 1. The van der Waals surface area contributed by atoms with Gasteiger partial charge in [0.15, 0.2) is 0 Å². The molecule has 0 unspecified atom stereocenters. The summed E-state index contributed by atoms with van der Waals surface area (Å²) in [5.74, 6) is 0.880. The molecule has 1 fully saturated rings. The topological polar surface area (TPSA) is 65.0 Å². The van der Waals surface area contributed by atoms with Crippen molar-refractivity contribution in [2.24, 2.45) is 5.41 Å². The van der Waals surface area contributed by atoms with E-state index in [1.807, 2.05) is 57.1 Å². The lowest BCUT2D eigenvalue weighted by molar-refractivity contribution is 0.0272. The van der Waals surface area contributed by atoms with E-state index in [1.165, 1.54) is 0 Å². The Bertz CT molecular complexity index is 606. The molecule has 0 spiro atoms. The van der Waals surface area contributed by atoms with Crippen molar-refractivity contribution < 1.29 is 14.6 Å². The Labute approximate surface area is 163 Å². The Balaban J connectivity index is 1.89. The van der Waals surface area contributed by atoms with Gasteiger partial charge in [-0.3, -0.25) is 0 Å². The highest BCUT2D eigenvalue weighted by Crippen LogP contribution is 2.30. The monoisotopic (exact) mass is 377 g/mol. The summed E-state index contributed by atoms with van der Waals surface area (Å²) in [6, 6.07) is 7.92. The molecule has 2 rings (SSSR count). The van der Waals surface area contributed by atoms with E-state index in [2.05, 4.69) is 10.2 Å². The predicted molar refractivity (Wildman–Crippen MR) is 108 cm³/mol. The van der Waals surface area contributed by atoms with Gasteiger partial charge in [0, 0.05) is 31.6 Å². The van der Waals surface area contributed by atoms with E-state index in [4.69, 9.17) is 4.74 Å². The number of nitrogens with one attached hydrogen (secondary N) is 1. The van der Waals surface area contributed by atoms with Crippen LogP contribution in [0.4, 0.5) is 4.79 Å². The molecule has 1 aromatic carbocycles. The number of likely N-dealkylation sites (tertiary alicyclic amines) is 1. The van der Waals surface area contributed by atoms with Crippen LogP contribution in [0.2, 0.25) is 0 Å². The smallest absolute Gasteiger partial charge is 0.317 e. The lowest BCUT2D eigenvalue weighted by Crippen LogP contribution is -2.54. The molecule has 2 N–H and O–H groups in total. The van der Waals surface area contributed by atoms with Crippen LogP contribution in [-0.2, 0) is 6.42 Å². The average Bonchev–Trinajstić information content (AvgIpc) is 2.62. The fourth-order valence-corrected chi connectivity index (χ4v) is 3.86. The van der Waals surface area contributed by atoms with Gasteiger partial charge in [0.25, 0.3) is 0 Å². The lowest BCUT2D eigenvalue weighted by Gasteiger charge is -2.43. The molecular formula is C21H35N3O3. The van der Waals surface area contributed by atoms with Crippen molar-refractivity contribution in [1.29, 1.82) is 0 Å². The number of nitrogens with zero attached hydrogens (tertiary/aromatic N) is 2. The van der Waals surface area contributed by atoms with Gasteiger partial charge in [-0.2, -0.15) is 0 Å². The SMILES string of the molecule is CC(C)Oc1ccccc1CCNC(=O)N1CCC[C@@](CO)(CN(C)C)C1. The van der Waals surface area contributed by atoms with Crippen LogP contribution in [0.1, 0.15) is 32.3 Å². The fraction of sp³-hybridized carbons (Fsp3) is 0.667. The van der Waals surface area contributed by atoms with Gasteiger partial charge in [-0.05, 0) is 58.8 Å². The van der Waals surface area contributed by atoms with Crippen LogP contribution in [0.15, 0.2) is 24.3 Å². The number of aliphatic hydroxyl groups excluding tert-OH is 1. The molecule has 152 valence electrons. The highest BCUT2D eigenvalue weighted by Gasteiger charge is 2.37. The van der Waals surface area contributed by atoms with E-state index in [0.29, 0.717) is 13.1 Å². The Morgan fingerprint density at radius 3 is 2.78 bits per heavy atom. The van der Waals surface area contributed by atoms with Gasteiger partial charge >= 0.3 is 6.03 Å². The van der Waals surface area contributed by atoms with Crippen LogP contribution in [0.3, 0.4) is 0 Å². The molecule has 0 bridgehead atoms. The highest BCUT2D eigenvalue weighted by molar-refractivity contribution is 5.74. The van der Waals surface area contributed by atoms with Crippen molar-refractivity contribution >= 4 is 6.03 Å². The van der Waals surface area contributed by atoms with E-state index in [-0.39, 0.29) is 24.2 Å². The van der Waals surface area contributed by atoms with E-state index in [0.717, 1.165) is 43.7 Å². The molecule has 1 aliphatic heterocycles. The number of carbonyl (C=O) groups is 1. The average molecular weight is 378 g/mol. The van der Waals surface area contributed by atoms with Gasteiger partial charge in [0.2, 0.25) is 0 Å². The van der Waals surface area contributed by atoms with Crippen LogP contribution in [-0.4, -0.2) is 73.9 Å². The maximum Gasteiger partial charge on any atom is 0.317 e. The number of benzene rings is 1. The molecule has 6 nitrogen and oxygen atoms in total. The molecule has 0 saturated carbocycles. The Kier molecular flexibility index (Phi) is 7.92. The van der Waals surface area contributed by atoms with Crippen LogP contribution in [0.25, 0.3) is 0 Å². The summed E-state index contributed by atoms with van der Waals surface area (Å²) in [6.45, 7) is 6.82. The summed E-state index contributed by atoms with van der Waals surface area (Å²) < 4.78 is 5.84. The first-order chi connectivity index (χ1) is 12.8. The second kappa shape index (κ2) is 9.95. The third-order valence-corrected chi connectivity index (χ3v) is 4.94. The third-order valence-electron chi connectivity index (χ3n) is 4.94. The van der Waals surface area contributed by atoms with Crippen molar-refractivity contribution in [3.8, 4) is 5.75 Å². The van der Waals surface area contributed by atoms with Gasteiger partial charge in [-0.1, -0.05) is 18.2 Å². The maximum absolute atomic E-state index is 12.6. The second-order valence-electron chi connectivity index (χ2n) is 8.18. The Morgan fingerprint density at radius 1 is 1.37 bits per heavy atom. The van der Waals surface area contributed by atoms with Crippen LogP contribution < -0.4 is 10.1 Å². The minimum atomic E-state index is -0.225. The number of ether oxygens (including phenoxy) is 1. The minimum absolute atomic E-state index is 0.0476. The first-order valence-corrected chi connectivity index (χ1v) is 9.88. The van der Waals surface area contributed by atoms with Crippen LogP contribution in [0.5, 0.6) is 5.75 Å². The first-order valence-electron chi connectivity index (χ1n) is 9.88. The molecule has 0 aliphatic carbocycles. The van der Waals surface area contributed by atoms with E-state index >= 15 is 0 Å². The predicted octanol–water partition coefficient (Wildman–Crippen LogP) is 2.36. The number of hydrogen-bond acceptors (Lipinski definition) is 4. The second-order valence-corrected chi connectivity index (χ2v) is 8.18. The van der Waals surface area contributed by atoms with Crippen LogP contribution >= 0.6 is 0 Å². The van der Waals surface area contributed by atoms with Crippen molar-refractivity contribution in [2.45, 2.75) is 39.2 Å². The summed E-state index contributed by atoms with van der Waals surface area (Å²) in [6.07, 6.45) is 2.72. The Hall–Kier alpha value is -1.79. The zero-order chi connectivity index (χ0) is 19.9. The zero-order valence-electron chi connectivity index (χ0n) is 17.2. The van der Waals surface area contributed by atoms with E-state index < -0.39 is 0 Å². The van der Waals surface area contributed by atoms with Gasteiger partial charge in [-0.15, -0.1) is 0 Å². The largest absolute Gasteiger partial charge is 0.491 e. The summed E-state index contributed by atoms with van der Waals surface area (Å²) in [7, 11) is 4.01. The molecule has 1 atom stereocenters. The van der Waals surface area contributed by atoms with Crippen LogP contribution in [0, 0.1) is 5.41 Å². The summed E-state index contributed by atoms with van der Waals surface area (Å²) >= 11 is 0. The molecule has 1 aliphatic rings. The molecule has 1 saturated heterocycles. The highest BCUT2D eigenvalue weighted by atomic mass is 16.5. The van der Waals surface area contributed by atoms with Crippen molar-refractivity contribution in [1.82, 2.24) is 15.1 Å². The number of piperidine rings is 1. The normalized spacial score (nSPS) is 20.2.